The van der Waals surface area contributed by atoms with E-state index in [1.54, 1.807) is 25.3 Å². The minimum Gasteiger partial charge on any atom is -0.316 e. The number of hydrogen-bond acceptors (Lipinski definition) is 3. The van der Waals surface area contributed by atoms with Crippen molar-refractivity contribution in [1.82, 2.24) is 4.57 Å². The maximum Gasteiger partial charge on any atom is 0.274 e. The predicted octanol–water partition coefficient (Wildman–Crippen LogP) is 5.60. The smallest absolute Gasteiger partial charge is 0.274 e. The number of nitrogens with zero attached hydrogens (tertiary/aromatic N) is 3. The molecule has 1 aromatic heterocycles. The summed E-state index contributed by atoms with van der Waals surface area (Å²) in [7, 11) is 0. The van der Waals surface area contributed by atoms with Crippen LogP contribution in [0.5, 0.6) is 0 Å². The van der Waals surface area contributed by atoms with Crippen LogP contribution in [0.3, 0.4) is 0 Å². The van der Waals surface area contributed by atoms with Gasteiger partial charge in [-0.3, -0.25) is 15.1 Å². The molecule has 5 nitrogen and oxygen atoms in total. The van der Waals surface area contributed by atoms with Gasteiger partial charge in [-0.25, -0.2) is 0 Å². The molecule has 0 aliphatic rings. The molecule has 0 atom stereocenters. The van der Waals surface area contributed by atoms with E-state index in [1.807, 2.05) is 35.0 Å². The molecule has 27 heavy (non-hydrogen) atoms. The average Bonchev–Trinajstić information content (AvgIpc) is 3.15. The third-order valence-electron chi connectivity index (χ3n) is 4.53. The van der Waals surface area contributed by atoms with Crippen LogP contribution in [-0.4, -0.2) is 15.7 Å². The lowest BCUT2D eigenvalue weighted by atomic mass is 10.1. The zero-order valence-corrected chi connectivity index (χ0v) is 14.7. The largest absolute Gasteiger partial charge is 0.316 e. The van der Waals surface area contributed by atoms with Gasteiger partial charge in [0.15, 0.2) is 0 Å². The second-order valence-corrected chi connectivity index (χ2v) is 6.32. The van der Waals surface area contributed by atoms with Gasteiger partial charge in [0.25, 0.3) is 5.69 Å². The standard InChI is InChI=1S/C22H17N3O2/c1-16-8-10-19(14-22(16)25(26)27)23-15-21-7-4-12-24(21)20-11-9-17-5-2-3-6-18(17)13-20/h2-15H,1H3. The minimum absolute atomic E-state index is 0.0783. The van der Waals surface area contributed by atoms with E-state index >= 15 is 0 Å². The third kappa shape index (κ3) is 3.35. The quantitative estimate of drug-likeness (QED) is 0.272. The Hall–Kier alpha value is -3.73. The lowest BCUT2D eigenvalue weighted by Gasteiger charge is -2.08. The summed E-state index contributed by atoms with van der Waals surface area (Å²) in [6.07, 6.45) is 3.70. The first-order chi connectivity index (χ1) is 13.1. The van der Waals surface area contributed by atoms with Crippen LogP contribution in [0, 0.1) is 17.0 Å². The van der Waals surface area contributed by atoms with E-state index in [0.29, 0.717) is 11.3 Å². The average molecular weight is 355 g/mol. The van der Waals surface area contributed by atoms with Crippen molar-refractivity contribution in [2.24, 2.45) is 4.99 Å². The molecule has 0 amide bonds. The molecule has 4 aromatic rings. The van der Waals surface area contributed by atoms with E-state index in [2.05, 4.69) is 35.3 Å². The van der Waals surface area contributed by atoms with Crippen LogP contribution >= 0.6 is 0 Å². The van der Waals surface area contributed by atoms with Gasteiger partial charge < -0.3 is 4.57 Å². The Bertz CT molecular complexity index is 1180. The molecule has 0 radical (unpaired) electrons. The fraction of sp³-hybridized carbons (Fsp3) is 0.0455. The lowest BCUT2D eigenvalue weighted by molar-refractivity contribution is -0.385. The zero-order chi connectivity index (χ0) is 18.8. The highest BCUT2D eigenvalue weighted by atomic mass is 16.6. The van der Waals surface area contributed by atoms with Crippen molar-refractivity contribution >= 4 is 28.4 Å². The summed E-state index contributed by atoms with van der Waals surface area (Å²) in [5, 5.41) is 13.5. The summed E-state index contributed by atoms with van der Waals surface area (Å²) in [6, 6.07) is 23.4. The van der Waals surface area contributed by atoms with Gasteiger partial charge in [-0.2, -0.15) is 0 Å². The number of benzene rings is 3. The number of aryl methyl sites for hydroxylation is 1. The molecule has 1 heterocycles. The number of nitro benzene ring substituents is 1. The van der Waals surface area contributed by atoms with Crippen LogP contribution in [0.4, 0.5) is 11.4 Å². The maximum absolute atomic E-state index is 11.1. The summed E-state index contributed by atoms with van der Waals surface area (Å²) in [5.41, 5.74) is 3.19. The van der Waals surface area contributed by atoms with Crippen molar-refractivity contribution in [2.45, 2.75) is 6.92 Å². The van der Waals surface area contributed by atoms with E-state index < -0.39 is 0 Å². The molecule has 0 fully saturated rings. The summed E-state index contributed by atoms with van der Waals surface area (Å²) < 4.78 is 2.04. The predicted molar refractivity (Wildman–Crippen MR) is 108 cm³/mol. The van der Waals surface area contributed by atoms with Gasteiger partial charge in [-0.15, -0.1) is 0 Å². The van der Waals surface area contributed by atoms with E-state index in [4.69, 9.17) is 0 Å². The molecule has 0 bridgehead atoms. The van der Waals surface area contributed by atoms with Gasteiger partial charge in [0, 0.05) is 23.5 Å². The van der Waals surface area contributed by atoms with Crippen LogP contribution in [0.15, 0.2) is 84.0 Å². The van der Waals surface area contributed by atoms with Crippen molar-refractivity contribution < 1.29 is 4.92 Å². The zero-order valence-electron chi connectivity index (χ0n) is 14.7. The van der Waals surface area contributed by atoms with E-state index in [-0.39, 0.29) is 10.6 Å². The maximum atomic E-state index is 11.1. The number of rotatable bonds is 4. The highest BCUT2D eigenvalue weighted by Gasteiger charge is 2.10. The van der Waals surface area contributed by atoms with Gasteiger partial charge in [0.1, 0.15) is 0 Å². The normalized spacial score (nSPS) is 11.3. The lowest BCUT2D eigenvalue weighted by Crippen LogP contribution is -1.97. The number of hydrogen-bond donors (Lipinski definition) is 0. The molecular weight excluding hydrogens is 338 g/mol. The summed E-state index contributed by atoms with van der Waals surface area (Å²) in [4.78, 5) is 15.2. The van der Waals surface area contributed by atoms with Crippen molar-refractivity contribution in [3.05, 3.63) is 100 Å². The van der Waals surface area contributed by atoms with Crippen LogP contribution < -0.4 is 0 Å². The van der Waals surface area contributed by atoms with E-state index in [0.717, 1.165) is 11.4 Å². The van der Waals surface area contributed by atoms with Crippen molar-refractivity contribution in [1.29, 1.82) is 0 Å². The number of aliphatic imine (C=N–C) groups is 1. The van der Waals surface area contributed by atoms with Gasteiger partial charge >= 0.3 is 0 Å². The molecule has 0 saturated carbocycles. The second-order valence-electron chi connectivity index (χ2n) is 6.32. The molecule has 0 spiro atoms. The molecule has 0 aliphatic carbocycles. The Labute approximate surface area is 156 Å². The van der Waals surface area contributed by atoms with Crippen molar-refractivity contribution in [2.75, 3.05) is 0 Å². The van der Waals surface area contributed by atoms with Gasteiger partial charge in [0.05, 0.1) is 22.5 Å². The van der Waals surface area contributed by atoms with E-state index in [1.165, 1.54) is 16.8 Å². The molecule has 0 N–H and O–H groups in total. The molecule has 0 saturated heterocycles. The first-order valence-corrected chi connectivity index (χ1v) is 8.57. The van der Waals surface area contributed by atoms with Crippen LogP contribution in [-0.2, 0) is 0 Å². The van der Waals surface area contributed by atoms with Crippen LogP contribution in [0.25, 0.3) is 16.5 Å². The Morgan fingerprint density at radius 3 is 2.59 bits per heavy atom. The summed E-state index contributed by atoms with van der Waals surface area (Å²) in [5.74, 6) is 0. The van der Waals surface area contributed by atoms with Crippen molar-refractivity contribution in [3.8, 4) is 5.69 Å². The van der Waals surface area contributed by atoms with Gasteiger partial charge in [0.2, 0.25) is 0 Å². The molecule has 4 rings (SSSR count). The highest BCUT2D eigenvalue weighted by Crippen LogP contribution is 2.24. The summed E-state index contributed by atoms with van der Waals surface area (Å²) in [6.45, 7) is 1.72. The SMILES string of the molecule is Cc1ccc(N=Cc2cccn2-c2ccc3ccccc3c2)cc1[N+](=O)[O-]. The Morgan fingerprint density at radius 1 is 0.963 bits per heavy atom. The van der Waals surface area contributed by atoms with Gasteiger partial charge in [-0.05, 0) is 48.0 Å². The topological polar surface area (TPSA) is 60.4 Å². The molecule has 0 unspecified atom stereocenters. The second kappa shape index (κ2) is 6.88. The number of fused-ring (bicyclic) bond motifs is 1. The number of nitro groups is 1. The number of aromatic nitrogens is 1. The highest BCUT2D eigenvalue weighted by molar-refractivity contribution is 5.86. The Morgan fingerprint density at radius 2 is 1.78 bits per heavy atom. The molecule has 0 aliphatic heterocycles. The van der Waals surface area contributed by atoms with Crippen molar-refractivity contribution in [3.63, 3.8) is 0 Å². The molecule has 132 valence electrons. The molecule has 3 aromatic carbocycles. The minimum atomic E-state index is -0.383. The first kappa shape index (κ1) is 16.7. The summed E-state index contributed by atoms with van der Waals surface area (Å²) >= 11 is 0. The fourth-order valence-corrected chi connectivity index (χ4v) is 3.08. The van der Waals surface area contributed by atoms with Crippen LogP contribution in [0.2, 0.25) is 0 Å². The van der Waals surface area contributed by atoms with E-state index in [9.17, 15) is 10.1 Å². The first-order valence-electron chi connectivity index (χ1n) is 8.57. The monoisotopic (exact) mass is 355 g/mol. The fourth-order valence-electron chi connectivity index (χ4n) is 3.08. The Kier molecular flexibility index (Phi) is 4.26. The molecule has 5 heteroatoms. The van der Waals surface area contributed by atoms with Gasteiger partial charge in [-0.1, -0.05) is 36.4 Å². The Balaban J connectivity index is 1.68. The molecular formula is C22H17N3O2. The third-order valence-corrected chi connectivity index (χ3v) is 4.53. The van der Waals surface area contributed by atoms with Crippen LogP contribution in [0.1, 0.15) is 11.3 Å².